The lowest BCUT2D eigenvalue weighted by Gasteiger charge is -2.31. The summed E-state index contributed by atoms with van der Waals surface area (Å²) >= 11 is 1.35. The molecule has 0 aliphatic carbocycles. The molecule has 0 aromatic heterocycles. The summed E-state index contributed by atoms with van der Waals surface area (Å²) in [4.78, 5) is 35.8. The van der Waals surface area contributed by atoms with Crippen molar-refractivity contribution in [3.05, 3.63) is 51.6 Å². The Morgan fingerprint density at radius 2 is 2.09 bits per heavy atom. The van der Waals surface area contributed by atoms with E-state index in [4.69, 9.17) is 0 Å². The van der Waals surface area contributed by atoms with Crippen molar-refractivity contribution in [1.29, 1.82) is 0 Å². The molecule has 0 atom stereocenters. The number of aldehydes is 1. The Balaban J connectivity index is 2.17. The van der Waals surface area contributed by atoms with Crippen LogP contribution in [0, 0.1) is 10.1 Å². The molecule has 1 aliphatic rings. The van der Waals surface area contributed by atoms with E-state index in [9.17, 15) is 19.7 Å². The molecule has 1 radical (unpaired) electrons. The second-order valence-corrected chi connectivity index (χ2v) is 6.12. The maximum atomic E-state index is 11.1. The number of hydrogen-bond donors (Lipinski definition) is 0. The summed E-state index contributed by atoms with van der Waals surface area (Å²) in [6, 6.07) is 8.04. The van der Waals surface area contributed by atoms with E-state index >= 15 is 0 Å². The number of carbonyl (C=O) groups excluding carboxylic acids is 2. The molecule has 1 heterocycles. The normalized spacial score (nSPS) is 12.3. The van der Waals surface area contributed by atoms with E-state index in [-0.39, 0.29) is 12.1 Å². The summed E-state index contributed by atoms with van der Waals surface area (Å²) in [5, 5.41) is 10.9. The maximum Gasteiger partial charge on any atom is 0.270 e. The number of hydrogen-bond acceptors (Lipinski definition) is 6. The largest absolute Gasteiger partial charge is 0.343 e. The molecular formula is C16H11N2O4S. The molecule has 0 saturated heterocycles. The predicted octanol–water partition coefficient (Wildman–Crippen LogP) is 3.29. The van der Waals surface area contributed by atoms with Crippen molar-refractivity contribution in [3.63, 3.8) is 0 Å². The minimum Gasteiger partial charge on any atom is -0.343 e. The second-order valence-electron chi connectivity index (χ2n) is 5.04. The molecule has 0 saturated carbocycles. The van der Waals surface area contributed by atoms with Gasteiger partial charge in [0.15, 0.2) is 0 Å². The van der Waals surface area contributed by atoms with Crippen LogP contribution in [-0.2, 0) is 11.2 Å². The van der Waals surface area contributed by atoms with Crippen LogP contribution in [0.5, 0.6) is 0 Å². The lowest BCUT2D eigenvalue weighted by Crippen LogP contribution is -2.17. The highest BCUT2D eigenvalue weighted by Gasteiger charge is 2.25. The molecule has 3 rings (SSSR count). The van der Waals surface area contributed by atoms with Gasteiger partial charge in [-0.15, -0.1) is 0 Å². The number of fused-ring (bicyclic) bond motifs is 2. The van der Waals surface area contributed by atoms with Gasteiger partial charge in [-0.05, 0) is 23.8 Å². The topological polar surface area (TPSA) is 80.5 Å². The number of rotatable bonds is 4. The average molecular weight is 327 g/mol. The van der Waals surface area contributed by atoms with Gasteiger partial charge in [-0.1, -0.05) is 11.8 Å². The van der Waals surface area contributed by atoms with E-state index in [0.29, 0.717) is 11.1 Å². The van der Waals surface area contributed by atoms with Gasteiger partial charge >= 0.3 is 0 Å². The van der Waals surface area contributed by atoms with E-state index in [1.807, 2.05) is 18.2 Å². The van der Waals surface area contributed by atoms with Gasteiger partial charge < -0.3 is 4.90 Å². The fourth-order valence-electron chi connectivity index (χ4n) is 2.64. The number of anilines is 2. The third-order valence-electron chi connectivity index (χ3n) is 3.65. The first kappa shape index (κ1) is 15.2. The standard InChI is InChI=1S/C16H11N2O4S/c1-17-13-3-2-12(18(21)22)8-14(13)23-15-7-10(9-20)6-11(4-5-19)16(15)17/h2-3,6-9H,4H2,1H3. The average Bonchev–Trinajstić information content (AvgIpc) is 2.54. The fraction of sp³-hybridized carbons (Fsp3) is 0.125. The molecule has 0 amide bonds. The Kier molecular flexibility index (Phi) is 3.87. The molecule has 0 fully saturated rings. The Bertz CT molecular complexity index is 835. The number of nitrogens with zero attached hydrogens (tertiary/aromatic N) is 2. The molecular weight excluding hydrogens is 316 g/mol. The molecule has 115 valence electrons. The number of benzene rings is 2. The highest BCUT2D eigenvalue weighted by atomic mass is 32.2. The fourth-order valence-corrected chi connectivity index (χ4v) is 3.93. The molecule has 2 aromatic carbocycles. The summed E-state index contributed by atoms with van der Waals surface area (Å²) in [7, 11) is 1.83. The van der Waals surface area contributed by atoms with E-state index in [0.717, 1.165) is 27.5 Å². The van der Waals surface area contributed by atoms with Crippen LogP contribution in [0.25, 0.3) is 0 Å². The third-order valence-corrected chi connectivity index (χ3v) is 4.72. The number of carbonyl (C=O) groups is 1. The molecule has 0 unspecified atom stereocenters. The first-order chi connectivity index (χ1) is 11.0. The van der Waals surface area contributed by atoms with Gasteiger partial charge in [0, 0.05) is 41.0 Å². The summed E-state index contributed by atoms with van der Waals surface area (Å²) in [5.41, 5.74) is 2.83. The van der Waals surface area contributed by atoms with Gasteiger partial charge in [-0.3, -0.25) is 19.7 Å². The van der Waals surface area contributed by atoms with Crippen molar-refractivity contribution in [3.8, 4) is 0 Å². The molecule has 1 aliphatic heterocycles. The van der Waals surface area contributed by atoms with Crippen molar-refractivity contribution < 1.29 is 14.5 Å². The van der Waals surface area contributed by atoms with Gasteiger partial charge in [0.05, 0.1) is 16.3 Å². The predicted molar refractivity (Wildman–Crippen MR) is 86.5 cm³/mol. The van der Waals surface area contributed by atoms with Crippen molar-refractivity contribution in [1.82, 2.24) is 0 Å². The Morgan fingerprint density at radius 1 is 1.30 bits per heavy atom. The van der Waals surface area contributed by atoms with Crippen LogP contribution < -0.4 is 4.90 Å². The summed E-state index contributed by atoms with van der Waals surface area (Å²) in [5.74, 6) is 0. The van der Waals surface area contributed by atoms with Crippen LogP contribution in [-0.4, -0.2) is 24.5 Å². The Hall–Kier alpha value is -2.67. The molecule has 2 aromatic rings. The zero-order valence-electron chi connectivity index (χ0n) is 12.1. The molecule has 0 N–H and O–H groups in total. The lowest BCUT2D eigenvalue weighted by atomic mass is 10.0. The van der Waals surface area contributed by atoms with Gasteiger partial charge in [0.2, 0.25) is 6.29 Å². The van der Waals surface area contributed by atoms with E-state index in [1.54, 1.807) is 18.2 Å². The van der Waals surface area contributed by atoms with E-state index in [1.165, 1.54) is 23.9 Å². The smallest absolute Gasteiger partial charge is 0.270 e. The number of non-ortho nitro benzene ring substituents is 1. The minimum absolute atomic E-state index is 0.0149. The molecule has 7 heteroatoms. The Labute approximate surface area is 136 Å². The SMILES string of the molecule is CN1c2ccc([N+](=O)[O-])cc2Sc2cc(C=O)cc(C[C]=O)c21. The minimum atomic E-state index is -0.440. The number of nitro groups is 1. The second kappa shape index (κ2) is 5.85. The van der Waals surface area contributed by atoms with Gasteiger partial charge in [0.25, 0.3) is 5.69 Å². The van der Waals surface area contributed by atoms with Crippen molar-refractivity contribution >= 4 is 41.4 Å². The lowest BCUT2D eigenvalue weighted by molar-refractivity contribution is -0.385. The van der Waals surface area contributed by atoms with Crippen LogP contribution in [0.2, 0.25) is 0 Å². The third kappa shape index (κ3) is 2.59. The van der Waals surface area contributed by atoms with Crippen LogP contribution in [0.15, 0.2) is 40.1 Å². The van der Waals surface area contributed by atoms with E-state index < -0.39 is 4.92 Å². The quantitative estimate of drug-likeness (QED) is 0.487. The van der Waals surface area contributed by atoms with Gasteiger partial charge in [-0.2, -0.15) is 0 Å². The van der Waals surface area contributed by atoms with E-state index in [2.05, 4.69) is 0 Å². The monoisotopic (exact) mass is 327 g/mol. The van der Waals surface area contributed by atoms with Crippen molar-refractivity contribution in [2.45, 2.75) is 16.2 Å². The molecule has 0 bridgehead atoms. The zero-order chi connectivity index (χ0) is 16.6. The van der Waals surface area contributed by atoms with Crippen molar-refractivity contribution in [2.24, 2.45) is 0 Å². The zero-order valence-corrected chi connectivity index (χ0v) is 12.9. The maximum absolute atomic E-state index is 11.1. The van der Waals surface area contributed by atoms with Crippen LogP contribution in [0.3, 0.4) is 0 Å². The molecule has 0 spiro atoms. The van der Waals surface area contributed by atoms with Crippen LogP contribution in [0.1, 0.15) is 15.9 Å². The highest BCUT2D eigenvalue weighted by molar-refractivity contribution is 7.99. The first-order valence-corrected chi connectivity index (χ1v) is 7.54. The first-order valence-electron chi connectivity index (χ1n) is 6.72. The van der Waals surface area contributed by atoms with Gasteiger partial charge in [-0.25, -0.2) is 0 Å². The Morgan fingerprint density at radius 3 is 2.74 bits per heavy atom. The van der Waals surface area contributed by atoms with Gasteiger partial charge in [0.1, 0.15) is 6.29 Å². The summed E-state index contributed by atoms with van der Waals surface area (Å²) in [6.07, 6.45) is 2.66. The van der Waals surface area contributed by atoms with Crippen LogP contribution >= 0.6 is 11.8 Å². The molecule has 23 heavy (non-hydrogen) atoms. The number of nitro benzene ring substituents is 1. The molecule has 6 nitrogen and oxygen atoms in total. The van der Waals surface area contributed by atoms with Crippen LogP contribution in [0.4, 0.5) is 17.1 Å². The summed E-state index contributed by atoms with van der Waals surface area (Å²) < 4.78 is 0. The van der Waals surface area contributed by atoms with Crippen molar-refractivity contribution in [2.75, 3.05) is 11.9 Å². The summed E-state index contributed by atoms with van der Waals surface area (Å²) in [6.45, 7) is 0. The highest BCUT2D eigenvalue weighted by Crippen LogP contribution is 2.50.